The molecule has 1 amide bonds. The van der Waals surface area contributed by atoms with Gasteiger partial charge in [0.15, 0.2) is 0 Å². The van der Waals surface area contributed by atoms with Crippen LogP contribution in [-0.2, 0) is 11.8 Å². The number of methoxy groups -OCH3 is 1. The second-order valence-electron chi connectivity index (χ2n) is 4.03. The molecule has 5 nitrogen and oxygen atoms in total. The van der Waals surface area contributed by atoms with Crippen LogP contribution >= 0.6 is 11.6 Å². The third-order valence-corrected chi connectivity index (χ3v) is 2.65. The Balaban J connectivity index is 2.66. The average Bonchev–Trinajstić information content (AvgIpc) is 2.56. The minimum absolute atomic E-state index is 0.0881. The summed E-state index contributed by atoms with van der Waals surface area (Å²) in [5, 5.41) is 3.94. The summed E-state index contributed by atoms with van der Waals surface area (Å²) in [5.41, 5.74) is 1.38. The van der Waals surface area contributed by atoms with E-state index in [0.29, 0.717) is 18.8 Å². The van der Waals surface area contributed by atoms with Crippen LogP contribution in [0.4, 0.5) is 0 Å². The van der Waals surface area contributed by atoms with Crippen molar-refractivity contribution in [2.75, 3.05) is 27.3 Å². The Morgan fingerprint density at radius 2 is 2.35 bits per heavy atom. The number of ether oxygens (including phenoxy) is 1. The molecule has 0 bridgehead atoms. The van der Waals surface area contributed by atoms with Gasteiger partial charge in [-0.1, -0.05) is 0 Å². The fourth-order valence-corrected chi connectivity index (χ4v) is 1.95. The summed E-state index contributed by atoms with van der Waals surface area (Å²) in [6, 6.07) is 1.76. The maximum atomic E-state index is 12.1. The number of aromatic nitrogens is 2. The van der Waals surface area contributed by atoms with Crippen molar-refractivity contribution in [2.24, 2.45) is 7.05 Å². The van der Waals surface area contributed by atoms with Gasteiger partial charge in [-0.3, -0.25) is 9.48 Å². The molecule has 1 unspecified atom stereocenters. The van der Waals surface area contributed by atoms with Crippen molar-refractivity contribution in [1.29, 1.82) is 0 Å². The maximum absolute atomic E-state index is 12.1. The van der Waals surface area contributed by atoms with Crippen LogP contribution in [0, 0.1) is 6.92 Å². The SMILES string of the molecule is COCC(Cl)CN(C)C(=O)c1cc(C)nn1C. The Morgan fingerprint density at radius 1 is 1.71 bits per heavy atom. The van der Waals surface area contributed by atoms with Crippen LogP contribution in [0.25, 0.3) is 0 Å². The fourth-order valence-electron chi connectivity index (χ4n) is 1.62. The first kappa shape index (κ1) is 14.0. The molecule has 1 heterocycles. The van der Waals surface area contributed by atoms with Crippen molar-refractivity contribution >= 4 is 17.5 Å². The van der Waals surface area contributed by atoms with Gasteiger partial charge in [0.25, 0.3) is 5.91 Å². The van der Waals surface area contributed by atoms with Crippen LogP contribution < -0.4 is 0 Å². The van der Waals surface area contributed by atoms with Crippen molar-refractivity contribution in [1.82, 2.24) is 14.7 Å². The summed E-state index contributed by atoms with van der Waals surface area (Å²) in [4.78, 5) is 13.7. The second kappa shape index (κ2) is 6.02. The van der Waals surface area contributed by atoms with E-state index in [1.54, 1.807) is 36.9 Å². The molecule has 0 aliphatic rings. The Hall–Kier alpha value is -1.07. The van der Waals surface area contributed by atoms with Crippen molar-refractivity contribution in [3.8, 4) is 0 Å². The highest BCUT2D eigenvalue weighted by Gasteiger charge is 2.18. The van der Waals surface area contributed by atoms with Gasteiger partial charge in [-0.25, -0.2) is 0 Å². The van der Waals surface area contributed by atoms with Crippen molar-refractivity contribution < 1.29 is 9.53 Å². The van der Waals surface area contributed by atoms with Gasteiger partial charge in [0.05, 0.1) is 17.7 Å². The predicted octanol–water partition coefficient (Wildman–Crippen LogP) is 1.05. The normalized spacial score (nSPS) is 12.5. The van der Waals surface area contributed by atoms with E-state index in [2.05, 4.69) is 5.10 Å². The molecule has 96 valence electrons. The zero-order valence-electron chi connectivity index (χ0n) is 10.6. The number of rotatable bonds is 5. The molecule has 1 aromatic heterocycles. The Kier molecular flexibility index (Phi) is 4.96. The van der Waals surface area contributed by atoms with Gasteiger partial charge in [0.1, 0.15) is 5.69 Å². The molecule has 6 heteroatoms. The van der Waals surface area contributed by atoms with Crippen LogP contribution in [0.1, 0.15) is 16.2 Å². The largest absolute Gasteiger partial charge is 0.383 e. The molecule has 0 fully saturated rings. The van der Waals surface area contributed by atoms with E-state index in [0.717, 1.165) is 5.69 Å². The number of halogens is 1. The summed E-state index contributed by atoms with van der Waals surface area (Å²) < 4.78 is 6.51. The van der Waals surface area contributed by atoms with E-state index in [9.17, 15) is 4.79 Å². The first-order chi connectivity index (χ1) is 7.95. The fraction of sp³-hybridized carbons (Fsp3) is 0.636. The number of hydrogen-bond donors (Lipinski definition) is 0. The van der Waals surface area contributed by atoms with Crippen LogP contribution in [0.15, 0.2) is 6.07 Å². The van der Waals surface area contributed by atoms with Crippen molar-refractivity contribution in [2.45, 2.75) is 12.3 Å². The van der Waals surface area contributed by atoms with E-state index in [1.165, 1.54) is 0 Å². The highest BCUT2D eigenvalue weighted by atomic mass is 35.5. The van der Waals surface area contributed by atoms with Crippen LogP contribution in [0.5, 0.6) is 0 Å². The zero-order valence-corrected chi connectivity index (χ0v) is 11.4. The molecule has 0 aliphatic carbocycles. The lowest BCUT2D eigenvalue weighted by molar-refractivity contribution is 0.0771. The first-order valence-electron chi connectivity index (χ1n) is 5.34. The number of hydrogen-bond acceptors (Lipinski definition) is 3. The molecule has 1 rings (SSSR count). The van der Waals surface area contributed by atoms with Crippen molar-refractivity contribution in [3.63, 3.8) is 0 Å². The molecule has 0 radical (unpaired) electrons. The number of alkyl halides is 1. The number of nitrogens with zero attached hydrogens (tertiary/aromatic N) is 3. The van der Waals surface area contributed by atoms with Crippen LogP contribution in [0.2, 0.25) is 0 Å². The highest BCUT2D eigenvalue weighted by Crippen LogP contribution is 2.07. The second-order valence-corrected chi connectivity index (χ2v) is 4.65. The molecule has 0 saturated heterocycles. The molecule has 0 N–H and O–H groups in total. The molecule has 0 saturated carbocycles. The van der Waals surface area contributed by atoms with Gasteiger partial charge >= 0.3 is 0 Å². The third kappa shape index (κ3) is 3.71. The minimum atomic E-state index is -0.205. The standard InChI is InChI=1S/C11H18ClN3O2/c1-8-5-10(15(3)13-8)11(16)14(2)6-9(12)7-17-4/h5,9H,6-7H2,1-4H3. The lowest BCUT2D eigenvalue weighted by Gasteiger charge is -2.19. The average molecular weight is 260 g/mol. The van der Waals surface area contributed by atoms with Gasteiger partial charge in [-0.15, -0.1) is 11.6 Å². The van der Waals surface area contributed by atoms with Crippen LogP contribution in [0.3, 0.4) is 0 Å². The van der Waals surface area contributed by atoms with Gasteiger partial charge in [0.2, 0.25) is 0 Å². The molecular weight excluding hydrogens is 242 g/mol. The van der Waals surface area contributed by atoms with Crippen LogP contribution in [-0.4, -0.2) is 53.3 Å². The molecule has 0 aliphatic heterocycles. The summed E-state index contributed by atoms with van der Waals surface area (Å²) in [6.45, 7) is 2.72. The smallest absolute Gasteiger partial charge is 0.271 e. The van der Waals surface area contributed by atoms with E-state index < -0.39 is 0 Å². The summed E-state index contributed by atoms with van der Waals surface area (Å²) >= 11 is 6.01. The quantitative estimate of drug-likeness (QED) is 0.743. The summed E-state index contributed by atoms with van der Waals surface area (Å²) in [6.07, 6.45) is 0. The van der Waals surface area contributed by atoms with Gasteiger partial charge in [-0.2, -0.15) is 5.10 Å². The molecule has 0 aromatic carbocycles. The Labute approximate surface area is 106 Å². The summed E-state index contributed by atoms with van der Waals surface area (Å²) in [7, 11) is 5.05. The molecule has 1 atom stereocenters. The van der Waals surface area contributed by atoms with Gasteiger partial charge < -0.3 is 9.64 Å². The lowest BCUT2D eigenvalue weighted by Crippen LogP contribution is -2.34. The molecular formula is C11H18ClN3O2. The van der Waals surface area contributed by atoms with Crippen molar-refractivity contribution in [3.05, 3.63) is 17.5 Å². The summed E-state index contributed by atoms with van der Waals surface area (Å²) in [5.74, 6) is -0.0881. The maximum Gasteiger partial charge on any atom is 0.271 e. The third-order valence-electron chi connectivity index (χ3n) is 2.39. The zero-order chi connectivity index (χ0) is 13.0. The molecule has 1 aromatic rings. The Bertz CT molecular complexity index is 392. The monoisotopic (exact) mass is 259 g/mol. The molecule has 0 spiro atoms. The number of aryl methyl sites for hydroxylation is 2. The topological polar surface area (TPSA) is 47.4 Å². The van der Waals surface area contributed by atoms with E-state index in [4.69, 9.17) is 16.3 Å². The number of carbonyl (C=O) groups is 1. The lowest BCUT2D eigenvalue weighted by atomic mass is 10.3. The van der Waals surface area contributed by atoms with E-state index in [1.807, 2.05) is 6.92 Å². The van der Waals surface area contributed by atoms with Gasteiger partial charge in [0, 0.05) is 27.7 Å². The van der Waals surface area contributed by atoms with E-state index in [-0.39, 0.29) is 11.3 Å². The number of carbonyl (C=O) groups excluding carboxylic acids is 1. The highest BCUT2D eigenvalue weighted by molar-refractivity contribution is 6.21. The number of amides is 1. The predicted molar refractivity (Wildman–Crippen MR) is 66.4 cm³/mol. The van der Waals surface area contributed by atoms with Gasteiger partial charge in [-0.05, 0) is 13.0 Å². The molecule has 17 heavy (non-hydrogen) atoms. The minimum Gasteiger partial charge on any atom is -0.383 e. The Morgan fingerprint density at radius 3 is 2.82 bits per heavy atom. The van der Waals surface area contributed by atoms with E-state index >= 15 is 0 Å². The first-order valence-corrected chi connectivity index (χ1v) is 5.78.